The van der Waals surface area contributed by atoms with Gasteiger partial charge in [0.1, 0.15) is 11.5 Å². The van der Waals surface area contributed by atoms with Gasteiger partial charge in [-0.05, 0) is 18.6 Å². The van der Waals surface area contributed by atoms with Crippen molar-refractivity contribution in [3.8, 4) is 0 Å². The first kappa shape index (κ1) is 15.0. The maximum absolute atomic E-state index is 12.3. The van der Waals surface area contributed by atoms with Crippen LogP contribution in [0.15, 0.2) is 30.7 Å². The molecule has 112 valence electrons. The molecule has 0 saturated carbocycles. The maximum Gasteiger partial charge on any atom is 0.433 e. The summed E-state index contributed by atoms with van der Waals surface area (Å²) in [7, 11) is 0. The van der Waals surface area contributed by atoms with Crippen LogP contribution in [0.4, 0.5) is 13.2 Å². The molecular formula is C13H13F3N4O. The molecule has 5 nitrogen and oxygen atoms in total. The molecule has 0 spiro atoms. The van der Waals surface area contributed by atoms with Gasteiger partial charge >= 0.3 is 6.18 Å². The fourth-order valence-corrected chi connectivity index (χ4v) is 1.69. The van der Waals surface area contributed by atoms with Crippen LogP contribution in [-0.2, 0) is 12.6 Å². The number of H-pyrrole nitrogens is 1. The zero-order valence-electron chi connectivity index (χ0n) is 10.9. The van der Waals surface area contributed by atoms with E-state index >= 15 is 0 Å². The van der Waals surface area contributed by atoms with Gasteiger partial charge in [0.05, 0.1) is 5.56 Å². The standard InChI is InChI=1S/C13H13F3N4O/c14-13(15,16)10-4-3-9(8-20-10)12(21)19-5-1-2-11-17-6-7-18-11/h3-4,6-8H,1-2,5H2,(H,17,18)(H,19,21). The Bertz CT molecular complexity index is 578. The quantitative estimate of drug-likeness (QED) is 0.831. The number of aromatic amines is 1. The van der Waals surface area contributed by atoms with Crippen molar-refractivity contribution in [2.45, 2.75) is 19.0 Å². The number of amides is 1. The topological polar surface area (TPSA) is 70.7 Å². The number of pyridine rings is 1. The second-order valence-electron chi connectivity index (χ2n) is 4.33. The molecule has 0 aromatic carbocycles. The predicted molar refractivity (Wildman–Crippen MR) is 68.5 cm³/mol. The number of hydrogen-bond donors (Lipinski definition) is 2. The molecule has 2 rings (SSSR count). The van der Waals surface area contributed by atoms with Crippen LogP contribution in [0, 0.1) is 0 Å². The minimum atomic E-state index is -4.50. The number of halogens is 3. The summed E-state index contributed by atoms with van der Waals surface area (Å²) in [4.78, 5) is 21.9. The number of nitrogens with zero attached hydrogens (tertiary/aromatic N) is 2. The van der Waals surface area contributed by atoms with Crippen LogP contribution < -0.4 is 5.32 Å². The van der Waals surface area contributed by atoms with Gasteiger partial charge in [0.15, 0.2) is 0 Å². The molecular weight excluding hydrogens is 285 g/mol. The van der Waals surface area contributed by atoms with Crippen molar-refractivity contribution in [1.29, 1.82) is 0 Å². The summed E-state index contributed by atoms with van der Waals surface area (Å²) in [6.45, 7) is 0.403. The predicted octanol–water partition coefficient (Wildman–Crippen LogP) is 2.19. The Morgan fingerprint density at radius 1 is 1.29 bits per heavy atom. The van der Waals surface area contributed by atoms with E-state index in [0.717, 1.165) is 24.2 Å². The molecule has 2 heterocycles. The highest BCUT2D eigenvalue weighted by Gasteiger charge is 2.32. The molecule has 0 aliphatic heterocycles. The van der Waals surface area contributed by atoms with Crippen molar-refractivity contribution in [2.75, 3.05) is 6.54 Å². The second kappa shape index (κ2) is 6.38. The third kappa shape index (κ3) is 4.30. The molecule has 0 radical (unpaired) electrons. The van der Waals surface area contributed by atoms with Crippen LogP contribution in [0.3, 0.4) is 0 Å². The van der Waals surface area contributed by atoms with E-state index in [9.17, 15) is 18.0 Å². The molecule has 2 N–H and O–H groups in total. The van der Waals surface area contributed by atoms with Crippen molar-refractivity contribution in [2.24, 2.45) is 0 Å². The van der Waals surface area contributed by atoms with Crippen LogP contribution in [0.25, 0.3) is 0 Å². The summed E-state index contributed by atoms with van der Waals surface area (Å²) in [5.74, 6) is 0.371. The Labute approximate surface area is 118 Å². The lowest BCUT2D eigenvalue weighted by Gasteiger charge is -2.07. The van der Waals surface area contributed by atoms with Gasteiger partial charge in [-0.3, -0.25) is 9.78 Å². The van der Waals surface area contributed by atoms with Crippen molar-refractivity contribution in [3.05, 3.63) is 47.8 Å². The number of carbonyl (C=O) groups excluding carboxylic acids is 1. The summed E-state index contributed by atoms with van der Waals surface area (Å²) < 4.78 is 37.0. The molecule has 0 saturated heterocycles. The fraction of sp³-hybridized carbons (Fsp3) is 0.308. The molecule has 0 unspecified atom stereocenters. The summed E-state index contributed by atoms with van der Waals surface area (Å²) >= 11 is 0. The SMILES string of the molecule is O=C(NCCCc1ncc[nH]1)c1ccc(C(F)(F)F)nc1. The highest BCUT2D eigenvalue weighted by atomic mass is 19.4. The third-order valence-electron chi connectivity index (χ3n) is 2.75. The van der Waals surface area contributed by atoms with Crippen molar-refractivity contribution < 1.29 is 18.0 Å². The van der Waals surface area contributed by atoms with Gasteiger partial charge in [0, 0.05) is 31.6 Å². The van der Waals surface area contributed by atoms with Gasteiger partial charge < -0.3 is 10.3 Å². The molecule has 2 aromatic rings. The Kier molecular flexibility index (Phi) is 4.56. The average Bonchev–Trinajstić information content (AvgIpc) is 2.96. The van der Waals surface area contributed by atoms with Gasteiger partial charge in [0.25, 0.3) is 5.91 Å². The first-order valence-corrected chi connectivity index (χ1v) is 6.26. The van der Waals surface area contributed by atoms with E-state index in [1.54, 1.807) is 12.4 Å². The van der Waals surface area contributed by atoms with E-state index in [1.807, 2.05) is 0 Å². The largest absolute Gasteiger partial charge is 0.433 e. The Morgan fingerprint density at radius 2 is 2.10 bits per heavy atom. The molecule has 8 heteroatoms. The third-order valence-corrected chi connectivity index (χ3v) is 2.75. The lowest BCUT2D eigenvalue weighted by atomic mass is 10.2. The molecule has 0 fully saturated rings. The number of imidazole rings is 1. The van der Waals surface area contributed by atoms with E-state index in [2.05, 4.69) is 20.3 Å². The van der Waals surface area contributed by atoms with E-state index < -0.39 is 17.8 Å². The van der Waals surface area contributed by atoms with E-state index in [1.165, 1.54) is 0 Å². The molecule has 0 bridgehead atoms. The van der Waals surface area contributed by atoms with Crippen LogP contribution in [-0.4, -0.2) is 27.4 Å². The van der Waals surface area contributed by atoms with Gasteiger partial charge in [-0.1, -0.05) is 0 Å². The van der Waals surface area contributed by atoms with Gasteiger partial charge in [-0.25, -0.2) is 4.98 Å². The highest BCUT2D eigenvalue weighted by Crippen LogP contribution is 2.27. The second-order valence-corrected chi connectivity index (χ2v) is 4.33. The number of alkyl halides is 3. The summed E-state index contributed by atoms with van der Waals surface area (Å²) in [5.41, 5.74) is -0.919. The van der Waals surface area contributed by atoms with E-state index in [-0.39, 0.29) is 5.56 Å². The highest BCUT2D eigenvalue weighted by molar-refractivity contribution is 5.93. The number of aromatic nitrogens is 3. The Hall–Kier alpha value is -2.38. The Morgan fingerprint density at radius 3 is 2.67 bits per heavy atom. The van der Waals surface area contributed by atoms with Crippen LogP contribution in [0.1, 0.15) is 28.3 Å². The zero-order chi connectivity index (χ0) is 15.3. The number of rotatable bonds is 5. The zero-order valence-corrected chi connectivity index (χ0v) is 10.9. The van der Waals surface area contributed by atoms with Gasteiger partial charge in [0.2, 0.25) is 0 Å². The molecule has 2 aromatic heterocycles. The molecule has 0 aliphatic carbocycles. The monoisotopic (exact) mass is 298 g/mol. The molecule has 0 atom stereocenters. The minimum absolute atomic E-state index is 0.0981. The van der Waals surface area contributed by atoms with Gasteiger partial charge in [-0.15, -0.1) is 0 Å². The number of hydrogen-bond acceptors (Lipinski definition) is 3. The van der Waals surface area contributed by atoms with E-state index in [0.29, 0.717) is 19.4 Å². The Balaban J connectivity index is 1.80. The maximum atomic E-state index is 12.3. The first-order valence-electron chi connectivity index (χ1n) is 6.26. The fourth-order valence-electron chi connectivity index (χ4n) is 1.69. The van der Waals surface area contributed by atoms with Crippen LogP contribution in [0.2, 0.25) is 0 Å². The van der Waals surface area contributed by atoms with Crippen LogP contribution >= 0.6 is 0 Å². The number of aryl methyl sites for hydroxylation is 1. The van der Waals surface area contributed by atoms with Gasteiger partial charge in [-0.2, -0.15) is 13.2 Å². The number of carbonyl (C=O) groups is 1. The average molecular weight is 298 g/mol. The summed E-state index contributed by atoms with van der Waals surface area (Å²) in [6, 6.07) is 1.90. The van der Waals surface area contributed by atoms with Crippen LogP contribution in [0.5, 0.6) is 0 Å². The molecule has 0 aliphatic rings. The lowest BCUT2D eigenvalue weighted by Crippen LogP contribution is -2.25. The molecule has 21 heavy (non-hydrogen) atoms. The first-order chi connectivity index (χ1) is 9.97. The van der Waals surface area contributed by atoms with Crippen molar-refractivity contribution >= 4 is 5.91 Å². The van der Waals surface area contributed by atoms with Crippen molar-refractivity contribution in [1.82, 2.24) is 20.3 Å². The molecule has 1 amide bonds. The lowest BCUT2D eigenvalue weighted by molar-refractivity contribution is -0.141. The minimum Gasteiger partial charge on any atom is -0.352 e. The van der Waals surface area contributed by atoms with E-state index in [4.69, 9.17) is 0 Å². The normalized spacial score (nSPS) is 11.4. The number of nitrogens with one attached hydrogen (secondary N) is 2. The van der Waals surface area contributed by atoms with Crippen molar-refractivity contribution in [3.63, 3.8) is 0 Å². The smallest absolute Gasteiger partial charge is 0.352 e. The summed E-state index contributed by atoms with van der Waals surface area (Å²) in [6.07, 6.45) is 1.12. The summed E-state index contributed by atoms with van der Waals surface area (Å²) in [5, 5.41) is 2.62.